The summed E-state index contributed by atoms with van der Waals surface area (Å²) in [6, 6.07) is 0. The lowest BCUT2D eigenvalue weighted by Gasteiger charge is -2.71. The lowest BCUT2D eigenvalue weighted by Crippen LogP contribution is -2.67. The van der Waals surface area contributed by atoms with Gasteiger partial charge in [0.15, 0.2) is 49.9 Å². The van der Waals surface area contributed by atoms with Crippen molar-refractivity contribution in [3.8, 4) is 0 Å². The molecule has 11 fully saturated rings. The van der Waals surface area contributed by atoms with Gasteiger partial charge in [-0.1, -0.05) is 72.3 Å². The molecule has 0 aromatic rings. The second-order valence-electron chi connectivity index (χ2n) is 36.3. The molecule has 0 aromatic heterocycles. The van der Waals surface area contributed by atoms with Crippen molar-refractivity contribution in [2.24, 2.45) is 50.2 Å². The zero-order chi connectivity index (χ0) is 82.5. The van der Waals surface area contributed by atoms with Crippen LogP contribution < -0.4 is 0 Å². The van der Waals surface area contributed by atoms with Gasteiger partial charge in [-0.25, -0.2) is 4.79 Å². The molecule has 4 saturated carbocycles. The number of carbonyl (C=O) groups excluding carboxylic acids is 2. The van der Waals surface area contributed by atoms with Crippen LogP contribution in [0.3, 0.4) is 0 Å². The first-order valence-corrected chi connectivity index (χ1v) is 40.0. The highest BCUT2D eigenvalue weighted by molar-refractivity contribution is 5.88. The van der Waals surface area contributed by atoms with E-state index in [0.717, 1.165) is 18.4 Å². The number of rotatable bonds is 22. The van der Waals surface area contributed by atoms with Crippen LogP contribution in [0.15, 0.2) is 36.0 Å². The van der Waals surface area contributed by atoms with Gasteiger partial charge in [-0.3, -0.25) is 4.79 Å². The Kier molecular flexibility index (Phi) is 27.2. The van der Waals surface area contributed by atoms with E-state index in [-0.39, 0.29) is 46.5 Å². The van der Waals surface area contributed by atoms with Crippen molar-refractivity contribution in [3.05, 3.63) is 36.0 Å². The molecule has 35 heteroatoms. The number of allylic oxidation sites excluding steroid dienone is 3. The molecule has 646 valence electrons. The molecule has 5 aliphatic carbocycles. The van der Waals surface area contributed by atoms with Gasteiger partial charge < -0.3 is 163 Å². The Labute approximate surface area is 656 Å². The average Bonchev–Trinajstić information content (AvgIpc) is 0.674. The van der Waals surface area contributed by atoms with Crippen molar-refractivity contribution >= 4 is 11.9 Å². The summed E-state index contributed by atoms with van der Waals surface area (Å²) in [5.41, 5.74) is -3.37. The van der Waals surface area contributed by atoms with E-state index in [9.17, 15) is 96.7 Å². The van der Waals surface area contributed by atoms with E-state index in [1.807, 2.05) is 0 Å². The molecule has 7 saturated heterocycles. The molecule has 18 N–H and O–H groups in total. The van der Waals surface area contributed by atoms with Gasteiger partial charge in [-0.15, -0.1) is 6.58 Å². The lowest BCUT2D eigenvalue weighted by atomic mass is 9.33. The summed E-state index contributed by atoms with van der Waals surface area (Å²) in [4.78, 5) is 30.4. The summed E-state index contributed by atoms with van der Waals surface area (Å²) in [7, 11) is 0. The second kappa shape index (κ2) is 34.4. The number of hydrogen-bond donors (Lipinski definition) is 18. The van der Waals surface area contributed by atoms with E-state index >= 15 is 4.79 Å². The van der Waals surface area contributed by atoms with E-state index in [1.165, 1.54) is 26.0 Å². The van der Waals surface area contributed by atoms with Gasteiger partial charge in [0.1, 0.15) is 128 Å². The molecule has 0 spiro atoms. The largest absolute Gasteiger partial charge is 0.453 e. The molecular weight excluding hydrogens is 1500 g/mol. The van der Waals surface area contributed by atoms with Gasteiger partial charge in [-0.05, 0) is 143 Å². The Balaban J connectivity index is 0.765. The number of hydrogen-bond acceptors (Lipinski definition) is 35. The zero-order valence-corrected chi connectivity index (χ0v) is 65.9. The predicted octanol–water partition coefficient (Wildman–Crippen LogP) is -2.76. The summed E-state index contributed by atoms with van der Waals surface area (Å²) in [5.74, 6) is -1.96. The number of ether oxygens (including phenoxy) is 15. The van der Waals surface area contributed by atoms with Crippen molar-refractivity contribution in [2.75, 3.05) is 39.6 Å². The van der Waals surface area contributed by atoms with Crippen molar-refractivity contribution < 1.29 is 173 Å². The smallest absolute Gasteiger partial charge is 0.333 e. The number of carbonyl (C=O) groups is 2. The standard InChI is InChI=1S/C78H124O35/c1-12-74(8,98)19-13-14-33(2)63(96)108-60-50(88)41(27-79)105-70(62(60)112-67-56(94)52(90)58(34(3)104-67)109-66-57(95)59(40(83)31-101-66)110-64-53(91)46(84)37(80)28-99-64)113-71(97)78-24-22-72(4,5)26-36(78)35-15-16-44-75(9)20-18-45(73(6,7)43(75)17-21-77(44,11)76(35,10)23-25-78)107-68-55(93)51(89)49(87)42(106-68)32-103-69-61(48(86)39(82)30-102-69)111-65-54(92)47(85)38(81)29-100-65/h12,14-15,34,36-62,64-70,79-95,98H,1,13,16-32H2,2-11H3/t34?,36?,37-,38-,39+,40-,41-,42-,43?,44?,45+,46+,47+,48+,49-,50-,51+,52?,53-,54-,55-,56?,57-,58?,59+,60+,61-,62-,64?,65?,66?,67?,68+,69?,70+,74?,75+,76-,77-,78+/m1/s1. The van der Waals surface area contributed by atoms with Gasteiger partial charge in [0.05, 0.1) is 62.9 Å². The fraction of sp³-hybridized carbons (Fsp3) is 0.897. The maximum atomic E-state index is 16.1. The fourth-order valence-corrected chi connectivity index (χ4v) is 20.8. The molecule has 0 bridgehead atoms. The first-order chi connectivity index (χ1) is 53.0. The summed E-state index contributed by atoms with van der Waals surface area (Å²) in [6.07, 6.45) is -41.2. The minimum absolute atomic E-state index is 0.0263. The first kappa shape index (κ1) is 89.2. The maximum Gasteiger partial charge on any atom is 0.333 e. The molecule has 0 radical (unpaired) electrons. The third kappa shape index (κ3) is 17.0. The minimum Gasteiger partial charge on any atom is -0.453 e. The van der Waals surface area contributed by atoms with E-state index in [2.05, 4.69) is 61.1 Å². The van der Waals surface area contributed by atoms with Crippen LogP contribution in [0.4, 0.5) is 0 Å². The van der Waals surface area contributed by atoms with E-state index in [0.29, 0.717) is 51.4 Å². The fourth-order valence-electron chi connectivity index (χ4n) is 20.8. The van der Waals surface area contributed by atoms with Gasteiger partial charge in [-0.2, -0.15) is 0 Å². The van der Waals surface area contributed by atoms with Crippen LogP contribution in [-0.4, -0.2) is 346 Å². The monoisotopic (exact) mass is 1620 g/mol. The Bertz CT molecular complexity index is 3330. The zero-order valence-electron chi connectivity index (χ0n) is 65.9. The van der Waals surface area contributed by atoms with Crippen LogP contribution in [0, 0.1) is 50.2 Å². The van der Waals surface area contributed by atoms with E-state index in [4.69, 9.17) is 71.1 Å². The van der Waals surface area contributed by atoms with Gasteiger partial charge >= 0.3 is 11.9 Å². The molecule has 0 amide bonds. The Hall–Kier alpha value is -3.08. The Morgan fingerprint density at radius 1 is 0.540 bits per heavy atom. The molecule has 12 aliphatic rings. The SMILES string of the molecule is C=CC(C)(O)CCC=C(C)C(=O)O[C@H]1[C@H](O)[C@@H](CO)O[C@@H](OC(=O)[C@]23CCC(C)(C)CC2C2=CCC4[C@@]5(C)CC[C@H](O[C@@H]6O[C@H](COC7OC[C@H](O)[C@H](O)[C@H]7OC7OC[C@@H](O)[C@H](O)[C@H]7O)[C@@H](O)[C@H](O)[C@H]6O)C(C)(C)C5CC[C@@]4(C)[C@]2(C)CC3)[C@@H]1OC1OC(C)C(OC2OC[C@@H](O)[C@H](OC3OC[C@@H](O)[C@H](O)[C@H]3O)[C@H]2O)C(O)C1O. The highest BCUT2D eigenvalue weighted by Gasteiger charge is 2.71. The summed E-state index contributed by atoms with van der Waals surface area (Å²) >= 11 is 0. The number of aliphatic hydroxyl groups is 18. The third-order valence-electron chi connectivity index (χ3n) is 28.2. The average molecular weight is 1620 g/mol. The van der Waals surface area contributed by atoms with Crippen LogP contribution in [0.25, 0.3) is 0 Å². The number of esters is 2. The maximum absolute atomic E-state index is 16.1. The molecule has 35 nitrogen and oxygen atoms in total. The van der Waals surface area contributed by atoms with E-state index in [1.54, 1.807) is 6.92 Å². The highest BCUT2D eigenvalue weighted by atomic mass is 16.8. The van der Waals surface area contributed by atoms with Crippen molar-refractivity contribution in [2.45, 2.75) is 349 Å². The minimum atomic E-state index is -2.09. The third-order valence-corrected chi connectivity index (χ3v) is 28.2. The Morgan fingerprint density at radius 2 is 1.09 bits per heavy atom. The lowest BCUT2D eigenvalue weighted by molar-refractivity contribution is -0.379. The molecule has 7 heterocycles. The quantitative estimate of drug-likeness (QED) is 0.0226. The number of fused-ring (bicyclic) bond motifs is 7. The summed E-state index contributed by atoms with van der Waals surface area (Å²) < 4.78 is 90.4. The highest BCUT2D eigenvalue weighted by Crippen LogP contribution is 2.76. The van der Waals surface area contributed by atoms with Crippen LogP contribution in [0.5, 0.6) is 0 Å². The molecule has 40 atom stereocenters. The number of aliphatic hydroxyl groups excluding tert-OH is 17. The Morgan fingerprint density at radius 3 is 1.73 bits per heavy atom. The second-order valence-corrected chi connectivity index (χ2v) is 36.3. The van der Waals surface area contributed by atoms with Crippen molar-refractivity contribution in [1.82, 2.24) is 0 Å². The molecular formula is C78H124O35. The molecule has 12 rings (SSSR count). The van der Waals surface area contributed by atoms with Crippen LogP contribution in [0.2, 0.25) is 0 Å². The van der Waals surface area contributed by atoms with Crippen LogP contribution >= 0.6 is 0 Å². The predicted molar refractivity (Wildman–Crippen MR) is 383 cm³/mol. The first-order valence-electron chi connectivity index (χ1n) is 40.0. The summed E-state index contributed by atoms with van der Waals surface area (Å²) in [5, 5.41) is 198. The van der Waals surface area contributed by atoms with Crippen molar-refractivity contribution in [3.63, 3.8) is 0 Å². The van der Waals surface area contributed by atoms with Crippen molar-refractivity contribution in [1.29, 1.82) is 0 Å². The van der Waals surface area contributed by atoms with Gasteiger partial charge in [0, 0.05) is 5.57 Å². The van der Waals surface area contributed by atoms with Crippen LogP contribution in [0.1, 0.15) is 146 Å². The normalized spacial score (nSPS) is 50.6. The topological polar surface area (TPSA) is 537 Å². The summed E-state index contributed by atoms with van der Waals surface area (Å²) in [6.45, 7) is 20.5. The molecule has 7 aliphatic heterocycles. The van der Waals surface area contributed by atoms with Crippen LogP contribution in [-0.2, 0) is 80.6 Å². The van der Waals surface area contributed by atoms with Gasteiger partial charge in [0.25, 0.3) is 0 Å². The van der Waals surface area contributed by atoms with E-state index < -0.39 is 276 Å². The molecule has 13 unspecified atom stereocenters. The molecule has 113 heavy (non-hydrogen) atoms. The van der Waals surface area contributed by atoms with Gasteiger partial charge in [0.2, 0.25) is 6.29 Å². The molecule has 0 aromatic carbocycles.